The second kappa shape index (κ2) is 8.72. The van der Waals surface area contributed by atoms with Crippen molar-refractivity contribution in [3.63, 3.8) is 0 Å². The van der Waals surface area contributed by atoms with E-state index in [1.54, 1.807) is 6.26 Å². The quantitative estimate of drug-likeness (QED) is 0.651. The monoisotopic (exact) mass is 254 g/mol. The molecule has 1 amide bonds. The molecule has 0 aliphatic heterocycles. The number of carbonyl (C=O) groups is 1. The zero-order valence-electron chi connectivity index (χ0n) is 10.9. The van der Waals surface area contributed by atoms with Crippen LogP contribution in [0, 0.1) is 5.92 Å². The molecule has 1 unspecified atom stereocenters. The molecule has 1 atom stereocenters. The van der Waals surface area contributed by atoms with Gasteiger partial charge in [-0.1, -0.05) is 6.92 Å². The van der Waals surface area contributed by atoms with Crippen molar-refractivity contribution in [2.75, 3.05) is 19.7 Å². The zero-order chi connectivity index (χ0) is 13.2. The van der Waals surface area contributed by atoms with Crippen molar-refractivity contribution in [1.29, 1.82) is 0 Å². The summed E-state index contributed by atoms with van der Waals surface area (Å²) < 4.78 is 10.5. The van der Waals surface area contributed by atoms with Crippen LogP contribution < -0.4 is 11.1 Å². The van der Waals surface area contributed by atoms with Crippen molar-refractivity contribution in [3.05, 3.63) is 24.2 Å². The Morgan fingerprint density at radius 1 is 1.61 bits per heavy atom. The summed E-state index contributed by atoms with van der Waals surface area (Å²) in [7, 11) is 0. The first-order valence-corrected chi connectivity index (χ1v) is 6.29. The summed E-state index contributed by atoms with van der Waals surface area (Å²) in [5, 5.41) is 2.84. The van der Waals surface area contributed by atoms with Crippen LogP contribution >= 0.6 is 0 Å². The third-order valence-corrected chi connectivity index (χ3v) is 2.55. The van der Waals surface area contributed by atoms with Crippen molar-refractivity contribution >= 4 is 5.91 Å². The highest BCUT2D eigenvalue weighted by Gasteiger charge is 2.06. The molecular formula is C13H22N2O3. The smallest absolute Gasteiger partial charge is 0.220 e. The molecule has 1 aromatic heterocycles. The van der Waals surface area contributed by atoms with Gasteiger partial charge in [0.2, 0.25) is 5.91 Å². The lowest BCUT2D eigenvalue weighted by Crippen LogP contribution is -2.28. The molecule has 1 rings (SSSR count). The van der Waals surface area contributed by atoms with Crippen LogP contribution in [0.4, 0.5) is 0 Å². The first-order chi connectivity index (χ1) is 8.72. The van der Waals surface area contributed by atoms with E-state index in [2.05, 4.69) is 5.32 Å². The molecule has 0 aromatic carbocycles. The minimum absolute atomic E-state index is 0.0546. The number of nitrogens with two attached hydrogens (primary N) is 1. The summed E-state index contributed by atoms with van der Waals surface area (Å²) in [6.45, 7) is 4.22. The van der Waals surface area contributed by atoms with Gasteiger partial charge in [-0.15, -0.1) is 0 Å². The van der Waals surface area contributed by atoms with Gasteiger partial charge in [0.05, 0.1) is 6.26 Å². The molecule has 3 N–H and O–H groups in total. The Morgan fingerprint density at radius 2 is 2.44 bits per heavy atom. The van der Waals surface area contributed by atoms with Gasteiger partial charge >= 0.3 is 0 Å². The fourth-order valence-electron chi connectivity index (χ4n) is 1.44. The minimum Gasteiger partial charge on any atom is -0.467 e. The highest BCUT2D eigenvalue weighted by atomic mass is 16.5. The van der Waals surface area contributed by atoms with Crippen LogP contribution in [0.5, 0.6) is 0 Å². The number of hydrogen-bond donors (Lipinski definition) is 2. The Bertz CT molecular complexity index is 325. The van der Waals surface area contributed by atoms with E-state index in [0.717, 1.165) is 12.2 Å². The van der Waals surface area contributed by atoms with Crippen LogP contribution in [0.25, 0.3) is 0 Å². The zero-order valence-corrected chi connectivity index (χ0v) is 10.9. The van der Waals surface area contributed by atoms with Crippen molar-refractivity contribution in [1.82, 2.24) is 5.32 Å². The Hall–Kier alpha value is -1.33. The third-order valence-electron chi connectivity index (χ3n) is 2.55. The average molecular weight is 254 g/mol. The summed E-state index contributed by atoms with van der Waals surface area (Å²) >= 11 is 0. The summed E-state index contributed by atoms with van der Waals surface area (Å²) in [4.78, 5) is 11.4. The standard InChI is InChI=1S/C13H22N2O3/c1-11(9-14)8-13(16)15-5-3-6-17-10-12-4-2-7-18-12/h2,4,7,11H,3,5-6,8-10,14H2,1H3,(H,15,16). The Balaban J connectivity index is 1.93. The third kappa shape index (κ3) is 6.42. The minimum atomic E-state index is 0.0546. The van der Waals surface area contributed by atoms with Gasteiger partial charge in [-0.2, -0.15) is 0 Å². The molecule has 0 radical (unpaired) electrons. The predicted octanol–water partition coefficient (Wildman–Crippen LogP) is 1.29. The molecule has 102 valence electrons. The largest absolute Gasteiger partial charge is 0.467 e. The average Bonchev–Trinajstić information content (AvgIpc) is 2.86. The topological polar surface area (TPSA) is 77.5 Å². The normalized spacial score (nSPS) is 12.3. The van der Waals surface area contributed by atoms with E-state index in [4.69, 9.17) is 14.9 Å². The first kappa shape index (κ1) is 14.7. The molecule has 1 aromatic rings. The molecule has 18 heavy (non-hydrogen) atoms. The fourth-order valence-corrected chi connectivity index (χ4v) is 1.44. The highest BCUT2D eigenvalue weighted by Crippen LogP contribution is 2.02. The second-order valence-corrected chi connectivity index (χ2v) is 4.38. The van der Waals surface area contributed by atoms with Gasteiger partial charge in [-0.3, -0.25) is 4.79 Å². The van der Waals surface area contributed by atoms with Gasteiger partial charge in [0.1, 0.15) is 12.4 Å². The first-order valence-electron chi connectivity index (χ1n) is 6.29. The number of nitrogens with one attached hydrogen (secondary N) is 1. The van der Waals surface area contributed by atoms with Crippen LogP contribution in [0.15, 0.2) is 22.8 Å². The van der Waals surface area contributed by atoms with Gasteiger partial charge in [0, 0.05) is 19.6 Å². The fraction of sp³-hybridized carbons (Fsp3) is 0.615. The molecule has 0 saturated heterocycles. The number of amides is 1. The van der Waals surface area contributed by atoms with E-state index in [1.165, 1.54) is 0 Å². The van der Waals surface area contributed by atoms with Crippen molar-refractivity contribution in [2.45, 2.75) is 26.4 Å². The lowest BCUT2D eigenvalue weighted by molar-refractivity contribution is -0.121. The SMILES string of the molecule is CC(CN)CC(=O)NCCCOCc1ccco1. The van der Waals surface area contributed by atoms with E-state index in [9.17, 15) is 4.79 Å². The highest BCUT2D eigenvalue weighted by molar-refractivity contribution is 5.76. The lowest BCUT2D eigenvalue weighted by Gasteiger charge is -2.09. The predicted molar refractivity (Wildman–Crippen MR) is 68.8 cm³/mol. The summed E-state index contributed by atoms with van der Waals surface area (Å²) in [6, 6.07) is 3.70. The van der Waals surface area contributed by atoms with Crippen LogP contribution in [0.2, 0.25) is 0 Å². The van der Waals surface area contributed by atoms with E-state index in [-0.39, 0.29) is 11.8 Å². The van der Waals surface area contributed by atoms with Gasteiger partial charge in [-0.05, 0) is 31.0 Å². The van der Waals surface area contributed by atoms with Gasteiger partial charge in [0.25, 0.3) is 0 Å². The molecule has 0 aliphatic rings. The van der Waals surface area contributed by atoms with Crippen molar-refractivity contribution in [2.24, 2.45) is 11.7 Å². The van der Waals surface area contributed by atoms with Crippen LogP contribution in [-0.2, 0) is 16.1 Å². The molecule has 1 heterocycles. The van der Waals surface area contributed by atoms with Crippen LogP contribution in [0.1, 0.15) is 25.5 Å². The van der Waals surface area contributed by atoms with Gasteiger partial charge < -0.3 is 20.2 Å². The number of furan rings is 1. The number of carbonyl (C=O) groups excluding carboxylic acids is 1. The Morgan fingerprint density at radius 3 is 3.11 bits per heavy atom. The maximum absolute atomic E-state index is 11.4. The van der Waals surface area contributed by atoms with Crippen molar-refractivity contribution in [3.8, 4) is 0 Å². The summed E-state index contributed by atoms with van der Waals surface area (Å²) in [5.41, 5.74) is 5.45. The maximum atomic E-state index is 11.4. The second-order valence-electron chi connectivity index (χ2n) is 4.38. The lowest BCUT2D eigenvalue weighted by atomic mass is 10.1. The molecule has 0 spiro atoms. The molecule has 5 heteroatoms. The van der Waals surface area contributed by atoms with Crippen LogP contribution in [0.3, 0.4) is 0 Å². The number of rotatable bonds is 9. The molecule has 0 bridgehead atoms. The summed E-state index contributed by atoms with van der Waals surface area (Å²) in [6.07, 6.45) is 2.91. The molecule has 0 saturated carbocycles. The molecular weight excluding hydrogens is 232 g/mol. The molecule has 0 fully saturated rings. The van der Waals surface area contributed by atoms with Gasteiger partial charge in [0.15, 0.2) is 0 Å². The Labute approximate surface area is 108 Å². The van der Waals surface area contributed by atoms with Crippen molar-refractivity contribution < 1.29 is 13.9 Å². The summed E-state index contributed by atoms with van der Waals surface area (Å²) in [5.74, 6) is 1.11. The number of hydrogen-bond acceptors (Lipinski definition) is 4. The maximum Gasteiger partial charge on any atom is 0.220 e. The van der Waals surface area contributed by atoms with E-state index >= 15 is 0 Å². The van der Waals surface area contributed by atoms with Crippen LogP contribution in [-0.4, -0.2) is 25.6 Å². The molecule has 0 aliphatic carbocycles. The Kier molecular flexibility index (Phi) is 7.13. The van der Waals surface area contributed by atoms with Gasteiger partial charge in [-0.25, -0.2) is 0 Å². The molecule has 5 nitrogen and oxygen atoms in total. The van der Waals surface area contributed by atoms with E-state index < -0.39 is 0 Å². The van der Waals surface area contributed by atoms with E-state index in [1.807, 2.05) is 19.1 Å². The van der Waals surface area contributed by atoms with E-state index in [0.29, 0.717) is 32.7 Å². The number of ether oxygens (including phenoxy) is 1.